The third kappa shape index (κ3) is 11.6. The maximum absolute atomic E-state index is 13.4. The number of primary amides is 2. The Bertz CT molecular complexity index is 1230. The minimum absolute atomic E-state index is 0.0431. The molecule has 11 heteroatoms. The van der Waals surface area contributed by atoms with Crippen LogP contribution < -0.4 is 27.4 Å². The summed E-state index contributed by atoms with van der Waals surface area (Å²) in [5.41, 5.74) is 10.1. The number of hydrogen-bond acceptors (Lipinski definition) is 5. The number of benzene rings is 2. The zero-order chi connectivity index (χ0) is 32.4. The second-order valence-electron chi connectivity index (χ2n) is 13.3. The van der Waals surface area contributed by atoms with Crippen molar-refractivity contribution in [3.63, 3.8) is 0 Å². The first kappa shape index (κ1) is 35.1. The second-order valence-corrected chi connectivity index (χ2v) is 13.3. The second kappa shape index (κ2) is 14.9. The number of hydrogen-bond donors (Lipinski definition) is 6. The van der Waals surface area contributed by atoms with E-state index >= 15 is 0 Å². The van der Waals surface area contributed by atoms with Gasteiger partial charge in [-0.2, -0.15) is 0 Å². The Balaban J connectivity index is 2.55. The van der Waals surface area contributed by atoms with Crippen molar-refractivity contribution in [3.8, 4) is 0 Å². The normalized spacial score (nSPS) is 14.5. The average Bonchev–Trinajstić information content (AvgIpc) is 2.89. The molecule has 0 bridgehead atoms. The fraction of sp³-hybridized carbons (Fsp3) is 0.500. The maximum Gasteiger partial charge on any atom is 0.317 e. The van der Waals surface area contributed by atoms with Crippen LogP contribution in [0.3, 0.4) is 0 Å². The van der Waals surface area contributed by atoms with Crippen LogP contribution in [0, 0.1) is 11.3 Å². The first-order valence-corrected chi connectivity index (χ1v) is 14.4. The molecule has 2 rings (SSSR count). The van der Waals surface area contributed by atoms with Gasteiger partial charge in [-0.15, -0.1) is 0 Å². The van der Waals surface area contributed by atoms with Crippen LogP contribution in [-0.4, -0.2) is 64.2 Å². The molecule has 0 aliphatic rings. The number of rotatable bonds is 13. The van der Waals surface area contributed by atoms with E-state index in [-0.39, 0.29) is 31.5 Å². The smallest absolute Gasteiger partial charge is 0.317 e. The zero-order valence-corrected chi connectivity index (χ0v) is 26.1. The monoisotopic (exact) mass is 596 g/mol. The number of nitrogens with two attached hydrogens (primary N) is 2. The molecule has 0 saturated heterocycles. The van der Waals surface area contributed by atoms with E-state index in [0.717, 1.165) is 11.1 Å². The number of amides is 6. The van der Waals surface area contributed by atoms with E-state index < -0.39 is 53.4 Å². The van der Waals surface area contributed by atoms with Gasteiger partial charge in [-0.3, -0.25) is 9.59 Å². The molecule has 0 fully saturated rings. The van der Waals surface area contributed by atoms with E-state index in [0.29, 0.717) is 0 Å². The summed E-state index contributed by atoms with van der Waals surface area (Å²) in [6.07, 6.45) is -2.03. The lowest BCUT2D eigenvalue weighted by atomic mass is 9.73. The lowest BCUT2D eigenvalue weighted by molar-refractivity contribution is -0.134. The van der Waals surface area contributed by atoms with Crippen LogP contribution in [0.5, 0.6) is 0 Å². The van der Waals surface area contributed by atoms with E-state index in [9.17, 15) is 24.3 Å². The quantitative estimate of drug-likeness (QED) is 0.208. The molecule has 0 aliphatic heterocycles. The van der Waals surface area contributed by atoms with Gasteiger partial charge in [0.2, 0.25) is 11.8 Å². The highest BCUT2D eigenvalue weighted by molar-refractivity contribution is 5.95. The number of nitrogens with one attached hydrogen (secondary N) is 3. The van der Waals surface area contributed by atoms with Crippen LogP contribution in [0.4, 0.5) is 9.59 Å². The zero-order valence-electron chi connectivity index (χ0n) is 26.1. The average molecular weight is 597 g/mol. The molecule has 2 aromatic rings. The topological polar surface area (TPSA) is 180 Å². The predicted molar refractivity (Wildman–Crippen MR) is 167 cm³/mol. The molecular formula is C32H48N6O5. The molecule has 6 amide bonds. The number of aliphatic hydroxyl groups is 1. The molecule has 2 aromatic carbocycles. The van der Waals surface area contributed by atoms with E-state index in [1.54, 1.807) is 24.3 Å². The predicted octanol–water partition coefficient (Wildman–Crippen LogP) is 2.66. The van der Waals surface area contributed by atoms with Crippen LogP contribution in [0.25, 0.3) is 0 Å². The van der Waals surface area contributed by atoms with Crippen molar-refractivity contribution >= 4 is 23.9 Å². The lowest BCUT2D eigenvalue weighted by Gasteiger charge is -2.42. The summed E-state index contributed by atoms with van der Waals surface area (Å²) in [4.78, 5) is 53.8. The molecule has 0 aliphatic carbocycles. The molecule has 8 N–H and O–H groups in total. The summed E-state index contributed by atoms with van der Waals surface area (Å²) in [6.45, 7) is 11.6. The van der Waals surface area contributed by atoms with Crippen molar-refractivity contribution in [2.24, 2.45) is 22.8 Å². The van der Waals surface area contributed by atoms with Gasteiger partial charge >= 0.3 is 12.1 Å². The van der Waals surface area contributed by atoms with E-state index in [4.69, 9.17) is 11.5 Å². The van der Waals surface area contributed by atoms with Gasteiger partial charge in [-0.05, 0) is 43.7 Å². The van der Waals surface area contributed by atoms with Gasteiger partial charge in [0.25, 0.3) is 0 Å². The molecule has 0 spiro atoms. The molecular weight excluding hydrogens is 548 g/mol. The number of carbonyl (C=O) groups excluding carboxylic acids is 4. The van der Waals surface area contributed by atoms with Crippen LogP contribution in [-0.2, 0) is 22.6 Å². The van der Waals surface area contributed by atoms with Gasteiger partial charge < -0.3 is 37.4 Å². The Labute approximate surface area is 254 Å². The first-order chi connectivity index (χ1) is 19.9. The minimum atomic E-state index is -2.09. The Hall–Kier alpha value is -4.12. The van der Waals surface area contributed by atoms with Crippen LogP contribution in [0.2, 0.25) is 0 Å². The fourth-order valence-corrected chi connectivity index (χ4v) is 4.95. The standard InChI is InChI=1S/C32H48N6O5/c1-30(2,3)21-38(29(43)37-31(4,5)6)20-25(39)24(17-22-13-9-7-10-14-22)32(27(34)41,18-26(33)40)36-28(42)35-19-23-15-11-8-12-16-23/h7-16,24-25,39H,17-21H2,1-6H3,(H2,33,40)(H2,34,41)(H,37,43)(H2,35,36,42). The van der Waals surface area contributed by atoms with E-state index in [2.05, 4.69) is 16.0 Å². The molecule has 3 atom stereocenters. The van der Waals surface area contributed by atoms with Gasteiger partial charge in [0.1, 0.15) is 5.54 Å². The van der Waals surface area contributed by atoms with Gasteiger partial charge in [-0.25, -0.2) is 9.59 Å². The van der Waals surface area contributed by atoms with Crippen molar-refractivity contribution in [1.29, 1.82) is 0 Å². The van der Waals surface area contributed by atoms with Crippen molar-refractivity contribution in [2.45, 2.75) is 78.1 Å². The SMILES string of the molecule is CC(C)(C)CN(CC(O)C(Cc1ccccc1)C(CC(N)=O)(NC(=O)NCc1ccccc1)C(N)=O)C(=O)NC(C)(C)C. The van der Waals surface area contributed by atoms with Crippen molar-refractivity contribution in [1.82, 2.24) is 20.9 Å². The molecule has 0 saturated carbocycles. The Kier molecular flexibility index (Phi) is 12.1. The Morgan fingerprint density at radius 1 is 0.837 bits per heavy atom. The Morgan fingerprint density at radius 2 is 1.37 bits per heavy atom. The fourth-order valence-electron chi connectivity index (χ4n) is 4.95. The lowest BCUT2D eigenvalue weighted by Crippen LogP contribution is -2.68. The Morgan fingerprint density at radius 3 is 1.84 bits per heavy atom. The molecule has 0 radical (unpaired) electrons. The molecule has 0 heterocycles. The van der Waals surface area contributed by atoms with Crippen LogP contribution in [0.15, 0.2) is 60.7 Å². The summed E-state index contributed by atoms with van der Waals surface area (Å²) in [7, 11) is 0. The highest BCUT2D eigenvalue weighted by Gasteiger charge is 2.50. The molecule has 236 valence electrons. The highest BCUT2D eigenvalue weighted by atomic mass is 16.3. The first-order valence-electron chi connectivity index (χ1n) is 14.4. The van der Waals surface area contributed by atoms with Crippen LogP contribution in [0.1, 0.15) is 59.1 Å². The molecule has 11 nitrogen and oxygen atoms in total. The van der Waals surface area contributed by atoms with Gasteiger partial charge in [0.15, 0.2) is 0 Å². The summed E-state index contributed by atoms with van der Waals surface area (Å²) in [5, 5.41) is 20.1. The largest absolute Gasteiger partial charge is 0.391 e. The van der Waals surface area contributed by atoms with E-state index in [1.807, 2.05) is 77.9 Å². The third-order valence-electron chi connectivity index (χ3n) is 6.76. The minimum Gasteiger partial charge on any atom is -0.391 e. The van der Waals surface area contributed by atoms with Crippen molar-refractivity contribution < 1.29 is 24.3 Å². The molecule has 0 aromatic heterocycles. The van der Waals surface area contributed by atoms with Gasteiger partial charge in [-0.1, -0.05) is 81.4 Å². The number of urea groups is 2. The number of carbonyl (C=O) groups is 4. The summed E-state index contributed by atoms with van der Waals surface area (Å²) in [6, 6.07) is 16.9. The van der Waals surface area contributed by atoms with Gasteiger partial charge in [0, 0.05) is 31.1 Å². The maximum atomic E-state index is 13.4. The number of nitrogens with zero attached hydrogens (tertiary/aromatic N) is 1. The number of aliphatic hydroxyl groups excluding tert-OH is 1. The summed E-state index contributed by atoms with van der Waals surface area (Å²) in [5.74, 6) is -3.08. The van der Waals surface area contributed by atoms with E-state index in [1.165, 1.54) is 4.90 Å². The van der Waals surface area contributed by atoms with Crippen molar-refractivity contribution in [2.75, 3.05) is 13.1 Å². The van der Waals surface area contributed by atoms with Crippen molar-refractivity contribution in [3.05, 3.63) is 71.8 Å². The summed E-state index contributed by atoms with van der Waals surface area (Å²) >= 11 is 0. The van der Waals surface area contributed by atoms with Gasteiger partial charge in [0.05, 0.1) is 12.5 Å². The molecule has 3 unspecified atom stereocenters. The summed E-state index contributed by atoms with van der Waals surface area (Å²) < 4.78 is 0. The molecule has 43 heavy (non-hydrogen) atoms. The van der Waals surface area contributed by atoms with Crippen LogP contribution >= 0.6 is 0 Å². The highest BCUT2D eigenvalue weighted by Crippen LogP contribution is 2.30. The third-order valence-corrected chi connectivity index (χ3v) is 6.76.